The minimum absolute atomic E-state index is 0.111. The molecule has 25 heavy (non-hydrogen) atoms. The van der Waals surface area contributed by atoms with Crippen LogP contribution in [0.2, 0.25) is 0 Å². The van der Waals surface area contributed by atoms with Crippen LogP contribution in [0.5, 0.6) is 0 Å². The average Bonchev–Trinajstić information content (AvgIpc) is 3.23. The summed E-state index contributed by atoms with van der Waals surface area (Å²) in [4.78, 5) is 9.31. The molecule has 0 unspecified atom stereocenters. The minimum Gasteiger partial charge on any atom is -0.469 e. The normalized spacial score (nSPS) is 12.2. The Balaban J connectivity index is 1.82. The lowest BCUT2D eigenvalue weighted by molar-refractivity contribution is 0.510. The van der Waals surface area contributed by atoms with Crippen LogP contribution < -0.4 is 10.6 Å². The van der Waals surface area contributed by atoms with E-state index in [1.165, 1.54) is 5.01 Å². The molecule has 2 N–H and O–H groups in total. The number of aromatic nitrogens is 1. The predicted octanol–water partition coefficient (Wildman–Crippen LogP) is 3.54. The first kappa shape index (κ1) is 19.2. The van der Waals surface area contributed by atoms with Gasteiger partial charge in [-0.2, -0.15) is 0 Å². The van der Waals surface area contributed by atoms with Gasteiger partial charge in [-0.1, -0.05) is 26.8 Å². The van der Waals surface area contributed by atoms with E-state index in [2.05, 4.69) is 48.4 Å². The molecule has 2 aromatic rings. The van der Waals surface area contributed by atoms with Crippen LogP contribution in [-0.4, -0.2) is 30.6 Å². The van der Waals surface area contributed by atoms with Crippen LogP contribution in [-0.2, 0) is 18.3 Å². The maximum absolute atomic E-state index is 5.33. The zero-order valence-electron chi connectivity index (χ0n) is 15.3. The zero-order valence-corrected chi connectivity index (χ0v) is 16.2. The fourth-order valence-electron chi connectivity index (χ4n) is 2.15. The fourth-order valence-corrected chi connectivity index (χ4v) is 3.09. The first-order chi connectivity index (χ1) is 12.0. The molecule has 0 saturated carbocycles. The summed E-state index contributed by atoms with van der Waals surface area (Å²) in [6, 6.07) is 3.86. The average molecular weight is 361 g/mol. The van der Waals surface area contributed by atoms with E-state index in [0.29, 0.717) is 13.1 Å². The summed E-state index contributed by atoms with van der Waals surface area (Å²) in [7, 11) is 0. The molecule has 0 spiro atoms. The molecular weight excluding hydrogens is 332 g/mol. The lowest BCUT2D eigenvalue weighted by atomic mass is 9.98. The summed E-state index contributed by atoms with van der Waals surface area (Å²) in [5, 5.41) is 9.92. The van der Waals surface area contributed by atoms with Crippen molar-refractivity contribution in [3.8, 4) is 0 Å². The van der Waals surface area contributed by atoms with E-state index < -0.39 is 0 Å². The van der Waals surface area contributed by atoms with Crippen molar-refractivity contribution >= 4 is 17.3 Å². The Hall–Kier alpha value is -2.08. The standard InChI is InChI=1S/C19H28N4OS/c1-5-10-20-18(22-12-9-16-7-6-13-24-16)21-11-8-15-14-25-17(23-15)19(2,3)4/h5-7,13-14H,1,8-12H2,2-4H3,(H2,20,21,22). The second-order valence-corrected chi connectivity index (χ2v) is 7.66. The molecule has 6 heteroatoms. The van der Waals surface area contributed by atoms with Gasteiger partial charge in [-0.05, 0) is 12.1 Å². The topological polar surface area (TPSA) is 62.5 Å². The third-order valence-electron chi connectivity index (χ3n) is 3.49. The van der Waals surface area contributed by atoms with Gasteiger partial charge in [0.05, 0.1) is 17.0 Å². The van der Waals surface area contributed by atoms with Crippen molar-refractivity contribution < 1.29 is 4.42 Å². The van der Waals surface area contributed by atoms with Gasteiger partial charge in [-0.15, -0.1) is 17.9 Å². The Bertz CT molecular complexity index is 668. The summed E-state index contributed by atoms with van der Waals surface area (Å²) in [6.45, 7) is 12.5. The van der Waals surface area contributed by atoms with Gasteiger partial charge < -0.3 is 15.1 Å². The van der Waals surface area contributed by atoms with Crippen molar-refractivity contribution in [1.82, 2.24) is 15.6 Å². The van der Waals surface area contributed by atoms with Crippen molar-refractivity contribution in [2.75, 3.05) is 19.6 Å². The monoisotopic (exact) mass is 360 g/mol. The Labute approximate surface area is 154 Å². The Morgan fingerprint density at radius 3 is 2.84 bits per heavy atom. The van der Waals surface area contributed by atoms with Gasteiger partial charge >= 0.3 is 0 Å². The van der Waals surface area contributed by atoms with E-state index >= 15 is 0 Å². The summed E-state index contributed by atoms with van der Waals surface area (Å²) >= 11 is 1.73. The molecule has 2 heterocycles. The molecule has 2 aromatic heterocycles. The fraction of sp³-hybridized carbons (Fsp3) is 0.474. The van der Waals surface area contributed by atoms with E-state index in [9.17, 15) is 0 Å². The van der Waals surface area contributed by atoms with Gasteiger partial charge in [0.1, 0.15) is 5.76 Å². The third-order valence-corrected chi connectivity index (χ3v) is 4.81. The Morgan fingerprint density at radius 1 is 1.36 bits per heavy atom. The van der Waals surface area contributed by atoms with Gasteiger partial charge in [-0.3, -0.25) is 4.99 Å². The van der Waals surface area contributed by atoms with Crippen molar-refractivity contribution in [1.29, 1.82) is 0 Å². The number of nitrogens with zero attached hydrogens (tertiary/aromatic N) is 2. The summed E-state index contributed by atoms with van der Waals surface area (Å²) < 4.78 is 5.33. The first-order valence-electron chi connectivity index (χ1n) is 8.59. The molecule has 0 aliphatic rings. The second kappa shape index (κ2) is 9.42. The van der Waals surface area contributed by atoms with E-state index in [-0.39, 0.29) is 5.41 Å². The van der Waals surface area contributed by atoms with Gasteiger partial charge in [0.2, 0.25) is 0 Å². The molecule has 0 fully saturated rings. The van der Waals surface area contributed by atoms with Gasteiger partial charge in [0.15, 0.2) is 5.96 Å². The van der Waals surface area contributed by atoms with Crippen LogP contribution in [0.1, 0.15) is 37.2 Å². The number of aliphatic imine (C=N–C) groups is 1. The molecule has 136 valence electrons. The molecule has 5 nitrogen and oxygen atoms in total. The third kappa shape index (κ3) is 6.74. The molecule has 0 aromatic carbocycles. The van der Waals surface area contributed by atoms with E-state index in [1.54, 1.807) is 17.6 Å². The SMILES string of the molecule is C=CCNC(=NCCc1ccco1)NCCc1csc(C(C)(C)C)n1. The molecule has 0 atom stereocenters. The molecule has 0 radical (unpaired) electrons. The Morgan fingerprint density at radius 2 is 2.20 bits per heavy atom. The zero-order chi connectivity index (χ0) is 18.1. The minimum atomic E-state index is 0.111. The quantitative estimate of drug-likeness (QED) is 0.429. The second-order valence-electron chi connectivity index (χ2n) is 6.80. The van der Waals surface area contributed by atoms with E-state index in [4.69, 9.17) is 9.40 Å². The number of furan rings is 1. The predicted molar refractivity (Wildman–Crippen MR) is 105 cm³/mol. The molecule has 2 rings (SSSR count). The number of hydrogen-bond donors (Lipinski definition) is 2. The lowest BCUT2D eigenvalue weighted by Crippen LogP contribution is -2.38. The van der Waals surface area contributed by atoms with E-state index in [0.717, 1.165) is 36.8 Å². The molecule has 0 aliphatic heterocycles. The van der Waals surface area contributed by atoms with Gasteiger partial charge in [-0.25, -0.2) is 4.98 Å². The molecule has 0 amide bonds. The highest BCUT2D eigenvalue weighted by molar-refractivity contribution is 7.09. The van der Waals surface area contributed by atoms with Crippen LogP contribution >= 0.6 is 11.3 Å². The van der Waals surface area contributed by atoms with Crippen LogP contribution in [0.4, 0.5) is 0 Å². The first-order valence-corrected chi connectivity index (χ1v) is 9.47. The lowest BCUT2D eigenvalue weighted by Gasteiger charge is -2.13. The smallest absolute Gasteiger partial charge is 0.191 e. The summed E-state index contributed by atoms with van der Waals surface area (Å²) in [5.41, 5.74) is 1.24. The van der Waals surface area contributed by atoms with Crippen molar-refractivity contribution in [2.45, 2.75) is 39.0 Å². The van der Waals surface area contributed by atoms with Crippen molar-refractivity contribution in [3.63, 3.8) is 0 Å². The van der Waals surface area contributed by atoms with Gasteiger partial charge in [0, 0.05) is 43.3 Å². The van der Waals surface area contributed by atoms with Crippen LogP contribution in [0.3, 0.4) is 0 Å². The summed E-state index contributed by atoms with van der Waals surface area (Å²) in [5.74, 6) is 1.74. The van der Waals surface area contributed by atoms with E-state index in [1.807, 2.05) is 18.2 Å². The highest BCUT2D eigenvalue weighted by atomic mass is 32.1. The van der Waals surface area contributed by atoms with Crippen LogP contribution in [0, 0.1) is 0 Å². The summed E-state index contributed by atoms with van der Waals surface area (Å²) in [6.07, 6.45) is 5.17. The number of hydrogen-bond acceptors (Lipinski definition) is 4. The largest absolute Gasteiger partial charge is 0.469 e. The molecular formula is C19H28N4OS. The number of thiazole rings is 1. The van der Waals surface area contributed by atoms with Crippen molar-refractivity contribution in [2.24, 2.45) is 4.99 Å². The van der Waals surface area contributed by atoms with Crippen molar-refractivity contribution in [3.05, 3.63) is 52.9 Å². The number of guanidine groups is 1. The number of rotatable bonds is 8. The molecule has 0 aliphatic carbocycles. The maximum atomic E-state index is 5.33. The highest BCUT2D eigenvalue weighted by Crippen LogP contribution is 2.25. The van der Waals surface area contributed by atoms with Crippen LogP contribution in [0.25, 0.3) is 0 Å². The van der Waals surface area contributed by atoms with Crippen LogP contribution in [0.15, 0.2) is 45.8 Å². The number of nitrogens with one attached hydrogen (secondary N) is 2. The highest BCUT2D eigenvalue weighted by Gasteiger charge is 2.17. The van der Waals surface area contributed by atoms with Gasteiger partial charge in [0.25, 0.3) is 0 Å². The maximum Gasteiger partial charge on any atom is 0.191 e. The Kier molecular flexibility index (Phi) is 7.25. The molecule has 0 saturated heterocycles. The molecule has 0 bridgehead atoms.